The number of benzene rings is 5. The van der Waals surface area contributed by atoms with Crippen LogP contribution in [0.25, 0.3) is 21.5 Å². The Hall–Kier alpha value is -3.58. The van der Waals surface area contributed by atoms with Gasteiger partial charge in [-0.2, -0.15) is 0 Å². The summed E-state index contributed by atoms with van der Waals surface area (Å²) in [5.74, 6) is 0.309. The van der Waals surface area contributed by atoms with E-state index in [2.05, 4.69) is 79.7 Å². The molecule has 0 aliphatic carbocycles. The lowest BCUT2D eigenvalue weighted by atomic mass is 9.88. The molecule has 0 aromatic heterocycles. The zero-order chi connectivity index (χ0) is 20.5. The molecule has 0 bridgehead atoms. The van der Waals surface area contributed by atoms with Crippen LogP contribution in [0, 0.1) is 6.92 Å². The number of fused-ring (bicyclic) bond motifs is 2. The van der Waals surface area contributed by atoms with Gasteiger partial charge < -0.3 is 5.11 Å². The van der Waals surface area contributed by atoms with Gasteiger partial charge in [-0.05, 0) is 93.4 Å². The highest BCUT2D eigenvalue weighted by Crippen LogP contribution is 2.31. The van der Waals surface area contributed by atoms with Crippen LogP contribution in [0.5, 0.6) is 5.75 Å². The van der Waals surface area contributed by atoms with Gasteiger partial charge in [0.25, 0.3) is 0 Å². The summed E-state index contributed by atoms with van der Waals surface area (Å²) in [7, 11) is 0. The zero-order valence-electron chi connectivity index (χ0n) is 17.1. The Labute approximate surface area is 177 Å². The van der Waals surface area contributed by atoms with E-state index >= 15 is 0 Å². The molecule has 0 aliphatic rings. The van der Waals surface area contributed by atoms with Gasteiger partial charge in [0.15, 0.2) is 0 Å². The number of hydrogen-bond acceptors (Lipinski definition) is 1. The molecule has 5 aromatic rings. The Morgan fingerprint density at radius 3 is 2.07 bits per heavy atom. The van der Waals surface area contributed by atoms with E-state index < -0.39 is 0 Å². The lowest BCUT2D eigenvalue weighted by molar-refractivity contribution is 0.475. The van der Waals surface area contributed by atoms with E-state index in [1.807, 2.05) is 12.1 Å². The maximum atomic E-state index is 9.64. The lowest BCUT2D eigenvalue weighted by Crippen LogP contribution is -2.00. The third-order valence-corrected chi connectivity index (χ3v) is 6.05. The van der Waals surface area contributed by atoms with Gasteiger partial charge in [-0.1, -0.05) is 72.8 Å². The Balaban J connectivity index is 1.70. The number of phenolic OH excluding ortho intramolecular Hbond substituents is 1. The van der Waals surface area contributed by atoms with E-state index in [1.54, 1.807) is 12.1 Å². The van der Waals surface area contributed by atoms with Gasteiger partial charge >= 0.3 is 0 Å². The summed E-state index contributed by atoms with van der Waals surface area (Å²) in [6.45, 7) is 2.19. The van der Waals surface area contributed by atoms with Crippen molar-refractivity contribution in [3.63, 3.8) is 0 Å². The van der Waals surface area contributed by atoms with Gasteiger partial charge in [0.2, 0.25) is 0 Å². The molecule has 0 atom stereocenters. The minimum absolute atomic E-state index is 0.309. The van der Waals surface area contributed by atoms with Crippen molar-refractivity contribution in [3.05, 3.63) is 125 Å². The molecule has 0 unspecified atom stereocenters. The molecular formula is C29H24O. The zero-order valence-corrected chi connectivity index (χ0v) is 17.1. The van der Waals surface area contributed by atoms with Gasteiger partial charge in [-0.25, -0.2) is 0 Å². The predicted molar refractivity (Wildman–Crippen MR) is 126 cm³/mol. The first-order valence-electron chi connectivity index (χ1n) is 10.4. The molecule has 1 heteroatoms. The van der Waals surface area contributed by atoms with Crippen molar-refractivity contribution in [3.8, 4) is 5.75 Å². The third kappa shape index (κ3) is 3.55. The highest BCUT2D eigenvalue weighted by atomic mass is 16.3. The van der Waals surface area contributed by atoms with Crippen LogP contribution in [-0.2, 0) is 12.8 Å². The van der Waals surface area contributed by atoms with Gasteiger partial charge in [-0.3, -0.25) is 0 Å². The minimum Gasteiger partial charge on any atom is -0.508 e. The number of rotatable bonds is 4. The van der Waals surface area contributed by atoms with Crippen molar-refractivity contribution < 1.29 is 5.11 Å². The molecule has 0 heterocycles. The fourth-order valence-electron chi connectivity index (χ4n) is 4.33. The number of aromatic hydroxyl groups is 1. The molecule has 30 heavy (non-hydrogen) atoms. The van der Waals surface area contributed by atoms with Crippen molar-refractivity contribution in [2.45, 2.75) is 19.8 Å². The Bertz CT molecular complexity index is 1350. The molecule has 5 rings (SSSR count). The first kappa shape index (κ1) is 18.4. The lowest BCUT2D eigenvalue weighted by Gasteiger charge is -2.16. The van der Waals surface area contributed by atoms with Crippen molar-refractivity contribution in [1.82, 2.24) is 0 Å². The summed E-state index contributed by atoms with van der Waals surface area (Å²) in [5.41, 5.74) is 6.63. The van der Waals surface area contributed by atoms with Gasteiger partial charge in [0.1, 0.15) is 5.75 Å². The van der Waals surface area contributed by atoms with Gasteiger partial charge in [-0.15, -0.1) is 0 Å². The largest absolute Gasteiger partial charge is 0.508 e. The van der Waals surface area contributed by atoms with E-state index in [4.69, 9.17) is 0 Å². The maximum Gasteiger partial charge on any atom is 0.115 e. The van der Waals surface area contributed by atoms with E-state index in [0.717, 1.165) is 12.8 Å². The average Bonchev–Trinajstić information content (AvgIpc) is 2.77. The third-order valence-electron chi connectivity index (χ3n) is 6.05. The molecule has 0 saturated heterocycles. The average molecular weight is 389 g/mol. The molecule has 1 N–H and O–H groups in total. The summed E-state index contributed by atoms with van der Waals surface area (Å²) in [6.07, 6.45) is 1.76. The summed E-state index contributed by atoms with van der Waals surface area (Å²) in [4.78, 5) is 0. The van der Waals surface area contributed by atoms with Crippen molar-refractivity contribution in [2.24, 2.45) is 0 Å². The molecular weight excluding hydrogens is 364 g/mol. The number of hydrogen-bond donors (Lipinski definition) is 1. The van der Waals surface area contributed by atoms with Crippen molar-refractivity contribution in [2.75, 3.05) is 0 Å². The van der Waals surface area contributed by atoms with Crippen LogP contribution in [0.15, 0.2) is 97.1 Å². The smallest absolute Gasteiger partial charge is 0.115 e. The molecule has 0 aliphatic heterocycles. The second kappa shape index (κ2) is 7.68. The molecule has 0 saturated carbocycles. The maximum absolute atomic E-state index is 9.64. The second-order valence-corrected chi connectivity index (χ2v) is 8.07. The monoisotopic (exact) mass is 388 g/mol. The first-order chi connectivity index (χ1) is 14.7. The van der Waals surface area contributed by atoms with E-state index in [0.29, 0.717) is 5.75 Å². The molecule has 0 spiro atoms. The fourth-order valence-corrected chi connectivity index (χ4v) is 4.33. The standard InChI is InChI=1S/C29H24O/c1-20-6-2-3-7-22(20)18-28-25(16-21-10-14-27(30)15-11-21)12-13-26-17-23-8-4-5-9-24(23)19-29(26)28/h2-15,17,19,30H,16,18H2,1H3. The molecule has 5 aromatic carbocycles. The second-order valence-electron chi connectivity index (χ2n) is 8.07. The molecule has 0 fully saturated rings. The molecule has 1 nitrogen and oxygen atoms in total. The highest BCUT2D eigenvalue weighted by Gasteiger charge is 2.12. The van der Waals surface area contributed by atoms with Crippen LogP contribution in [0.2, 0.25) is 0 Å². The Morgan fingerprint density at radius 1 is 0.600 bits per heavy atom. The fraction of sp³-hybridized carbons (Fsp3) is 0.103. The number of aryl methyl sites for hydroxylation is 1. The van der Waals surface area contributed by atoms with Gasteiger partial charge in [0.05, 0.1) is 0 Å². The minimum atomic E-state index is 0.309. The van der Waals surface area contributed by atoms with E-state index in [1.165, 1.54) is 49.4 Å². The normalized spacial score (nSPS) is 11.2. The van der Waals surface area contributed by atoms with Gasteiger partial charge in [0, 0.05) is 0 Å². The first-order valence-corrected chi connectivity index (χ1v) is 10.4. The van der Waals surface area contributed by atoms with Crippen LogP contribution in [0.1, 0.15) is 27.8 Å². The van der Waals surface area contributed by atoms with Crippen LogP contribution in [-0.4, -0.2) is 5.11 Å². The van der Waals surface area contributed by atoms with E-state index in [9.17, 15) is 5.11 Å². The Kier molecular flexibility index (Phi) is 4.72. The molecule has 146 valence electrons. The molecule has 0 radical (unpaired) electrons. The predicted octanol–water partition coefficient (Wildman–Crippen LogP) is 7.19. The van der Waals surface area contributed by atoms with Crippen LogP contribution >= 0.6 is 0 Å². The SMILES string of the molecule is Cc1ccccc1Cc1c(Cc2ccc(O)cc2)ccc2cc3ccccc3cc12. The summed E-state index contributed by atoms with van der Waals surface area (Å²) >= 11 is 0. The molecule has 0 amide bonds. The van der Waals surface area contributed by atoms with Crippen LogP contribution < -0.4 is 0 Å². The number of phenols is 1. The summed E-state index contributed by atoms with van der Waals surface area (Å²) in [5, 5.41) is 14.8. The van der Waals surface area contributed by atoms with Crippen molar-refractivity contribution >= 4 is 21.5 Å². The topological polar surface area (TPSA) is 20.2 Å². The van der Waals surface area contributed by atoms with Crippen LogP contribution in [0.4, 0.5) is 0 Å². The van der Waals surface area contributed by atoms with Crippen molar-refractivity contribution in [1.29, 1.82) is 0 Å². The summed E-state index contributed by atoms with van der Waals surface area (Å²) in [6, 6.07) is 34.0. The quantitative estimate of drug-likeness (QED) is 0.323. The van der Waals surface area contributed by atoms with Crippen LogP contribution in [0.3, 0.4) is 0 Å². The highest BCUT2D eigenvalue weighted by molar-refractivity contribution is 6.00. The van der Waals surface area contributed by atoms with E-state index in [-0.39, 0.29) is 0 Å². The summed E-state index contributed by atoms with van der Waals surface area (Å²) < 4.78 is 0. The Morgan fingerprint density at radius 2 is 1.30 bits per heavy atom.